The molecule has 0 bridgehead atoms. The van der Waals surface area contributed by atoms with Crippen LogP contribution in [0.2, 0.25) is 0 Å². The fraction of sp³-hybridized carbons (Fsp3) is 0.227. The third-order valence-corrected chi connectivity index (χ3v) is 7.70. The predicted octanol–water partition coefficient (Wildman–Crippen LogP) is 4.22. The van der Waals surface area contributed by atoms with Gasteiger partial charge in [0.1, 0.15) is 16.6 Å². The molecule has 0 saturated heterocycles. The lowest BCUT2D eigenvalue weighted by Gasteiger charge is -2.24. The summed E-state index contributed by atoms with van der Waals surface area (Å²) in [5, 5.41) is 4.52. The average molecular weight is 447 g/mol. The summed E-state index contributed by atoms with van der Waals surface area (Å²) in [5.41, 5.74) is 1.41. The molecule has 158 valence electrons. The molecule has 1 amide bonds. The topological polar surface area (TPSA) is 66.5 Å². The van der Waals surface area contributed by atoms with Gasteiger partial charge in [-0.15, -0.1) is 11.3 Å². The Balaban J connectivity index is 1.71. The molecule has 3 aromatic rings. The molecular weight excluding hydrogens is 423 g/mol. The second-order valence-corrected chi connectivity index (χ2v) is 9.95. The molecule has 30 heavy (non-hydrogen) atoms. The first-order valence-electron chi connectivity index (χ1n) is 9.51. The second-order valence-electron chi connectivity index (χ2n) is 6.91. The first-order valence-corrected chi connectivity index (χ1v) is 11.8. The van der Waals surface area contributed by atoms with E-state index in [1.807, 2.05) is 37.3 Å². The van der Waals surface area contributed by atoms with Crippen LogP contribution in [0.1, 0.15) is 18.9 Å². The van der Waals surface area contributed by atoms with Crippen LogP contribution < -0.4 is 9.62 Å². The molecule has 0 fully saturated rings. The SMILES string of the molecule is C[C@@H](CCc1ccccc1)NC(=O)CN(c1ccc(F)cc1)S(=O)(=O)c1cccs1. The van der Waals surface area contributed by atoms with Gasteiger partial charge in [0.05, 0.1) is 5.69 Å². The van der Waals surface area contributed by atoms with E-state index in [1.165, 1.54) is 35.9 Å². The van der Waals surface area contributed by atoms with E-state index in [0.717, 1.165) is 28.5 Å². The van der Waals surface area contributed by atoms with Crippen LogP contribution in [0.25, 0.3) is 0 Å². The van der Waals surface area contributed by atoms with Gasteiger partial charge < -0.3 is 5.32 Å². The smallest absolute Gasteiger partial charge is 0.274 e. The molecule has 0 unspecified atom stereocenters. The molecule has 0 aliphatic rings. The molecule has 3 rings (SSSR count). The molecule has 0 spiro atoms. The number of sulfonamides is 1. The van der Waals surface area contributed by atoms with Crippen molar-refractivity contribution in [2.24, 2.45) is 0 Å². The Morgan fingerprint density at radius 2 is 1.77 bits per heavy atom. The zero-order valence-electron chi connectivity index (χ0n) is 16.5. The molecule has 0 aliphatic carbocycles. The Labute approximate surface area is 180 Å². The largest absolute Gasteiger partial charge is 0.352 e. The van der Waals surface area contributed by atoms with Gasteiger partial charge in [-0.3, -0.25) is 9.10 Å². The number of thiophene rings is 1. The monoisotopic (exact) mass is 446 g/mol. The maximum atomic E-state index is 13.3. The molecule has 1 N–H and O–H groups in total. The van der Waals surface area contributed by atoms with Gasteiger partial charge in [-0.2, -0.15) is 0 Å². The molecule has 1 aromatic heterocycles. The summed E-state index contributed by atoms with van der Waals surface area (Å²) in [6, 6.07) is 18.0. The number of aryl methyl sites for hydroxylation is 1. The van der Waals surface area contributed by atoms with E-state index in [1.54, 1.807) is 11.4 Å². The normalized spacial score (nSPS) is 12.3. The summed E-state index contributed by atoms with van der Waals surface area (Å²) in [6.07, 6.45) is 1.53. The molecule has 1 atom stereocenters. The Hall–Kier alpha value is -2.71. The Morgan fingerprint density at radius 1 is 1.07 bits per heavy atom. The Bertz CT molecular complexity index is 1050. The second kappa shape index (κ2) is 9.86. The average Bonchev–Trinajstić information content (AvgIpc) is 3.28. The van der Waals surface area contributed by atoms with Crippen molar-refractivity contribution in [3.8, 4) is 0 Å². The number of anilines is 1. The zero-order chi connectivity index (χ0) is 21.6. The highest BCUT2D eigenvalue weighted by atomic mass is 32.2. The molecule has 8 heteroatoms. The van der Waals surface area contributed by atoms with Crippen molar-refractivity contribution in [1.29, 1.82) is 0 Å². The summed E-state index contributed by atoms with van der Waals surface area (Å²) >= 11 is 1.07. The summed E-state index contributed by atoms with van der Waals surface area (Å²) in [6.45, 7) is 1.50. The fourth-order valence-electron chi connectivity index (χ4n) is 2.99. The number of rotatable bonds is 9. The summed E-state index contributed by atoms with van der Waals surface area (Å²) in [7, 11) is -3.94. The van der Waals surface area contributed by atoms with Crippen molar-refractivity contribution in [2.45, 2.75) is 30.0 Å². The highest BCUT2D eigenvalue weighted by Crippen LogP contribution is 2.26. The van der Waals surface area contributed by atoms with Crippen LogP contribution in [-0.2, 0) is 21.2 Å². The van der Waals surface area contributed by atoms with E-state index in [-0.39, 0.29) is 22.5 Å². The molecule has 2 aromatic carbocycles. The van der Waals surface area contributed by atoms with Crippen LogP contribution in [0, 0.1) is 5.82 Å². The minimum atomic E-state index is -3.94. The standard InChI is InChI=1S/C22H23FN2O3S2/c1-17(9-10-18-6-3-2-4-7-18)24-21(26)16-25(20-13-11-19(23)12-14-20)30(27,28)22-8-5-15-29-22/h2-8,11-15,17H,9-10,16H2,1H3,(H,24,26)/t17-/m0/s1. The third kappa shape index (κ3) is 5.67. The predicted molar refractivity (Wildman–Crippen MR) is 118 cm³/mol. The molecule has 0 aliphatic heterocycles. The van der Waals surface area contributed by atoms with Crippen molar-refractivity contribution < 1.29 is 17.6 Å². The lowest BCUT2D eigenvalue weighted by Crippen LogP contribution is -2.43. The summed E-state index contributed by atoms with van der Waals surface area (Å²) < 4.78 is 40.6. The number of nitrogens with one attached hydrogen (secondary N) is 1. The number of hydrogen-bond donors (Lipinski definition) is 1. The van der Waals surface area contributed by atoms with Crippen LogP contribution in [0.5, 0.6) is 0 Å². The molecular formula is C22H23FN2O3S2. The van der Waals surface area contributed by atoms with Gasteiger partial charge in [0.15, 0.2) is 0 Å². The van der Waals surface area contributed by atoms with Crippen LogP contribution >= 0.6 is 11.3 Å². The first kappa shape index (κ1) is 22.0. The number of carbonyl (C=O) groups excluding carboxylic acids is 1. The van der Waals surface area contributed by atoms with Crippen molar-refractivity contribution in [3.05, 3.63) is 83.5 Å². The minimum absolute atomic E-state index is 0.122. The summed E-state index contributed by atoms with van der Waals surface area (Å²) in [5.74, 6) is -0.897. The maximum Gasteiger partial charge on any atom is 0.274 e. The van der Waals surface area contributed by atoms with Gasteiger partial charge in [0.2, 0.25) is 5.91 Å². The van der Waals surface area contributed by atoms with E-state index in [2.05, 4.69) is 5.32 Å². The number of amides is 1. The van der Waals surface area contributed by atoms with Crippen molar-refractivity contribution in [2.75, 3.05) is 10.8 Å². The highest BCUT2D eigenvalue weighted by Gasteiger charge is 2.28. The molecule has 5 nitrogen and oxygen atoms in total. The maximum absolute atomic E-state index is 13.3. The minimum Gasteiger partial charge on any atom is -0.352 e. The van der Waals surface area contributed by atoms with E-state index in [0.29, 0.717) is 0 Å². The van der Waals surface area contributed by atoms with Crippen LogP contribution in [0.15, 0.2) is 76.3 Å². The number of benzene rings is 2. The van der Waals surface area contributed by atoms with E-state index < -0.39 is 21.7 Å². The van der Waals surface area contributed by atoms with E-state index in [4.69, 9.17) is 0 Å². The van der Waals surface area contributed by atoms with Crippen molar-refractivity contribution >= 4 is 33.0 Å². The van der Waals surface area contributed by atoms with Gasteiger partial charge in [-0.05, 0) is 61.0 Å². The van der Waals surface area contributed by atoms with Crippen molar-refractivity contribution in [1.82, 2.24) is 5.32 Å². The third-order valence-electron chi connectivity index (χ3n) is 4.56. The number of hydrogen-bond acceptors (Lipinski definition) is 4. The molecule has 0 radical (unpaired) electrons. The van der Waals surface area contributed by atoms with Crippen LogP contribution in [-0.4, -0.2) is 26.9 Å². The van der Waals surface area contributed by atoms with Crippen LogP contribution in [0.3, 0.4) is 0 Å². The van der Waals surface area contributed by atoms with Crippen LogP contribution in [0.4, 0.5) is 10.1 Å². The van der Waals surface area contributed by atoms with E-state index >= 15 is 0 Å². The number of carbonyl (C=O) groups is 1. The quantitative estimate of drug-likeness (QED) is 0.535. The summed E-state index contributed by atoms with van der Waals surface area (Å²) in [4.78, 5) is 12.6. The number of halogens is 1. The van der Waals surface area contributed by atoms with Gasteiger partial charge in [-0.1, -0.05) is 36.4 Å². The van der Waals surface area contributed by atoms with Crippen molar-refractivity contribution in [3.63, 3.8) is 0 Å². The molecule has 0 saturated carbocycles. The number of nitrogens with zero attached hydrogens (tertiary/aromatic N) is 1. The fourth-order valence-corrected chi connectivity index (χ4v) is 5.52. The first-order chi connectivity index (χ1) is 14.4. The molecule has 1 heterocycles. The zero-order valence-corrected chi connectivity index (χ0v) is 18.1. The Morgan fingerprint density at radius 3 is 2.40 bits per heavy atom. The lowest BCUT2D eigenvalue weighted by molar-refractivity contribution is -0.120. The highest BCUT2D eigenvalue weighted by molar-refractivity contribution is 7.94. The van der Waals surface area contributed by atoms with Gasteiger partial charge in [0.25, 0.3) is 10.0 Å². The Kier molecular flexibility index (Phi) is 7.23. The van der Waals surface area contributed by atoms with Gasteiger partial charge >= 0.3 is 0 Å². The van der Waals surface area contributed by atoms with E-state index in [9.17, 15) is 17.6 Å². The van der Waals surface area contributed by atoms with Gasteiger partial charge in [-0.25, -0.2) is 12.8 Å². The van der Waals surface area contributed by atoms with Gasteiger partial charge in [0, 0.05) is 6.04 Å². The lowest BCUT2D eigenvalue weighted by atomic mass is 10.1.